The van der Waals surface area contributed by atoms with E-state index in [1.807, 2.05) is 0 Å². The van der Waals surface area contributed by atoms with E-state index in [-0.39, 0.29) is 0 Å². The van der Waals surface area contributed by atoms with Crippen molar-refractivity contribution in [2.24, 2.45) is 0 Å². The molecule has 0 N–H and O–H groups in total. The summed E-state index contributed by atoms with van der Waals surface area (Å²) in [7, 11) is -0.734. The summed E-state index contributed by atoms with van der Waals surface area (Å²) in [5.41, 5.74) is 0. The normalized spacial score (nSPS) is 14.3. The molecule has 6 heteroatoms. The predicted octanol–water partition coefficient (Wildman–Crippen LogP) is 3.71. The molecule has 0 unspecified atom stereocenters. The minimum atomic E-state index is -1.88. The molecule has 0 spiro atoms. The monoisotopic (exact) mass is 307 g/mol. The van der Waals surface area contributed by atoms with E-state index < -0.39 is 25.0 Å². The third kappa shape index (κ3) is 6.12. The Morgan fingerprint density at radius 3 is 1.44 bits per heavy atom. The van der Waals surface area contributed by atoms with Gasteiger partial charge in [-0.15, -0.1) is 0 Å². The third-order valence-electron chi connectivity index (χ3n) is 3.50. The molecule has 0 heterocycles. The fraction of sp³-hybridized carbons (Fsp3) is 1.00. The van der Waals surface area contributed by atoms with Crippen molar-refractivity contribution in [3.63, 3.8) is 0 Å². The van der Waals surface area contributed by atoms with Crippen molar-refractivity contribution >= 4 is 25.0 Å². The molecule has 0 aliphatic rings. The molecule has 0 fully saturated rings. The Kier molecular flexibility index (Phi) is 7.01. The minimum Gasteiger partial charge on any atom is -0.398 e. The molecule has 0 amide bonds. The highest BCUT2D eigenvalue weighted by molar-refractivity contribution is 6.89. The van der Waals surface area contributed by atoms with Crippen LogP contribution in [0.25, 0.3) is 0 Å². The average molecular weight is 308 g/mol. The lowest BCUT2D eigenvalue weighted by Gasteiger charge is -2.44. The molecule has 0 rings (SSSR count). The lowest BCUT2D eigenvalue weighted by molar-refractivity contribution is 0.248. The maximum Gasteiger partial charge on any atom is 0.334 e. The van der Waals surface area contributed by atoms with Gasteiger partial charge in [0.25, 0.3) is 0 Å². The lowest BCUT2D eigenvalue weighted by atomic mass is 10.5. The zero-order valence-corrected chi connectivity index (χ0v) is 16.9. The Bertz CT molecular complexity index is 231. The van der Waals surface area contributed by atoms with Crippen molar-refractivity contribution in [1.29, 1.82) is 0 Å². The van der Waals surface area contributed by atoms with E-state index in [0.29, 0.717) is 0 Å². The van der Waals surface area contributed by atoms with Gasteiger partial charge in [-0.25, -0.2) is 0 Å². The molecule has 0 atom stereocenters. The van der Waals surface area contributed by atoms with Crippen molar-refractivity contribution < 1.29 is 8.85 Å². The van der Waals surface area contributed by atoms with Crippen LogP contribution in [0.2, 0.25) is 51.9 Å². The van der Waals surface area contributed by atoms with Crippen LogP contribution in [0.3, 0.4) is 0 Å². The molecule has 110 valence electrons. The van der Waals surface area contributed by atoms with E-state index in [1.165, 1.54) is 13.0 Å². The van der Waals surface area contributed by atoms with Gasteiger partial charge in [0.15, 0.2) is 0 Å². The topological polar surface area (TPSA) is 21.7 Å². The maximum atomic E-state index is 5.56. The van der Waals surface area contributed by atoms with Crippen LogP contribution in [-0.4, -0.2) is 50.0 Å². The van der Waals surface area contributed by atoms with Gasteiger partial charge >= 0.3 is 8.56 Å². The number of hydrogen-bond acceptors (Lipinski definition) is 3. The van der Waals surface area contributed by atoms with Crippen molar-refractivity contribution in [1.82, 2.24) is 4.23 Å². The van der Waals surface area contributed by atoms with Crippen molar-refractivity contribution in [3.05, 3.63) is 0 Å². The molecule has 0 radical (unpaired) electrons. The zero-order valence-electron chi connectivity index (χ0n) is 13.9. The molecule has 0 bridgehead atoms. The van der Waals surface area contributed by atoms with Gasteiger partial charge in [-0.3, -0.25) is 0 Å². The van der Waals surface area contributed by atoms with Gasteiger partial charge in [-0.2, -0.15) is 0 Å². The summed E-state index contributed by atoms with van der Waals surface area (Å²) in [4.78, 5) is 0. The summed E-state index contributed by atoms with van der Waals surface area (Å²) in [5.74, 6) is 0. The van der Waals surface area contributed by atoms with Gasteiger partial charge in [0.2, 0.25) is 0 Å². The van der Waals surface area contributed by atoms with Crippen molar-refractivity contribution in [2.45, 2.75) is 58.3 Å². The van der Waals surface area contributed by atoms with Crippen LogP contribution < -0.4 is 0 Å². The Hall–Kier alpha value is 0.531. The Morgan fingerprint density at radius 2 is 1.17 bits per heavy atom. The average Bonchev–Trinajstić information content (AvgIpc) is 2.20. The highest BCUT2D eigenvalue weighted by Gasteiger charge is 2.35. The Morgan fingerprint density at radius 1 is 0.778 bits per heavy atom. The highest BCUT2D eigenvalue weighted by Crippen LogP contribution is 2.22. The van der Waals surface area contributed by atoms with Gasteiger partial charge in [0, 0.05) is 14.2 Å². The molecular formula is C12H33NO2Si3. The second kappa shape index (κ2) is 6.81. The van der Waals surface area contributed by atoms with E-state index in [4.69, 9.17) is 8.85 Å². The van der Waals surface area contributed by atoms with Crippen LogP contribution in [0.4, 0.5) is 0 Å². The van der Waals surface area contributed by atoms with Crippen LogP contribution in [0.5, 0.6) is 0 Å². The van der Waals surface area contributed by atoms with Crippen LogP contribution in [-0.2, 0) is 8.85 Å². The molecule has 0 aromatic heterocycles. The molecule has 0 saturated heterocycles. The van der Waals surface area contributed by atoms with Crippen molar-refractivity contribution in [2.75, 3.05) is 20.8 Å². The van der Waals surface area contributed by atoms with Gasteiger partial charge in [-0.05, 0) is 25.6 Å². The first-order chi connectivity index (χ1) is 7.96. The van der Waals surface area contributed by atoms with Crippen LogP contribution in [0.15, 0.2) is 0 Å². The van der Waals surface area contributed by atoms with Crippen LogP contribution in [0.1, 0.15) is 6.42 Å². The molecular weight excluding hydrogens is 274 g/mol. The molecule has 0 aromatic carbocycles. The van der Waals surface area contributed by atoms with Crippen LogP contribution >= 0.6 is 0 Å². The summed E-state index contributed by atoms with van der Waals surface area (Å²) in [6.07, 6.45) is 1.19. The number of rotatable bonds is 8. The van der Waals surface area contributed by atoms with Gasteiger partial charge in [0.05, 0.1) is 0 Å². The first kappa shape index (κ1) is 18.5. The van der Waals surface area contributed by atoms with E-state index in [0.717, 1.165) is 6.04 Å². The first-order valence-corrected chi connectivity index (χ1v) is 16.3. The van der Waals surface area contributed by atoms with E-state index in [9.17, 15) is 0 Å². The molecule has 0 aliphatic carbocycles. The highest BCUT2D eigenvalue weighted by atomic mass is 28.4. The van der Waals surface area contributed by atoms with Gasteiger partial charge < -0.3 is 13.1 Å². The van der Waals surface area contributed by atoms with Gasteiger partial charge in [0.1, 0.15) is 16.5 Å². The number of nitrogens with zero attached hydrogens (tertiary/aromatic N) is 1. The quantitative estimate of drug-likeness (QED) is 0.638. The smallest absolute Gasteiger partial charge is 0.334 e. The van der Waals surface area contributed by atoms with Crippen molar-refractivity contribution in [3.8, 4) is 0 Å². The van der Waals surface area contributed by atoms with E-state index >= 15 is 0 Å². The predicted molar refractivity (Wildman–Crippen MR) is 88.5 cm³/mol. The summed E-state index contributed by atoms with van der Waals surface area (Å²) in [5, 5.41) is 0. The minimum absolute atomic E-state index is 1.09. The van der Waals surface area contributed by atoms with Crippen LogP contribution in [0, 0.1) is 0 Å². The maximum absolute atomic E-state index is 5.56. The zero-order chi connectivity index (χ0) is 14.6. The molecule has 0 aliphatic heterocycles. The summed E-state index contributed by atoms with van der Waals surface area (Å²) >= 11 is 0. The molecule has 0 saturated carbocycles. The Balaban J connectivity index is 4.48. The first-order valence-electron chi connectivity index (χ1n) is 6.84. The number of hydrogen-bond donors (Lipinski definition) is 0. The van der Waals surface area contributed by atoms with E-state index in [1.54, 1.807) is 14.2 Å². The summed E-state index contributed by atoms with van der Waals surface area (Å²) in [6.45, 7) is 18.1. The lowest BCUT2D eigenvalue weighted by Crippen LogP contribution is -2.59. The SMILES string of the molecule is CO[Si](C)(CCCN([Si](C)(C)C)[Si](C)(C)C)OC. The second-order valence-electron chi connectivity index (χ2n) is 7.14. The fourth-order valence-corrected chi connectivity index (χ4v) is 13.6. The largest absolute Gasteiger partial charge is 0.398 e. The fourth-order valence-electron chi connectivity index (χ4n) is 2.52. The Labute approximate surface area is 117 Å². The van der Waals surface area contributed by atoms with Gasteiger partial charge in [-0.1, -0.05) is 39.3 Å². The summed E-state index contributed by atoms with van der Waals surface area (Å²) < 4.78 is 14.0. The molecule has 18 heavy (non-hydrogen) atoms. The second-order valence-corrected chi connectivity index (χ2v) is 20.9. The third-order valence-corrected chi connectivity index (χ3v) is 14.2. The molecule has 0 aromatic rings. The molecule has 3 nitrogen and oxygen atoms in total. The summed E-state index contributed by atoms with van der Waals surface area (Å²) in [6, 6.07) is 1.09. The standard InChI is InChI=1S/C12H33NO2Si3/c1-14-18(9,15-2)12-10-11-13(16(3,4)5)17(6,7)8/h10-12H2,1-9H3. The van der Waals surface area contributed by atoms with E-state index in [2.05, 4.69) is 50.1 Å².